The second-order valence-corrected chi connectivity index (χ2v) is 6.33. The van der Waals surface area contributed by atoms with Crippen LogP contribution in [0.4, 0.5) is 26.3 Å². The average molecular weight is 533 g/mol. The Morgan fingerprint density at radius 1 is 0.583 bits per heavy atom. The third-order valence-electron chi connectivity index (χ3n) is 3.49. The van der Waals surface area contributed by atoms with Gasteiger partial charge in [0.2, 0.25) is 6.79 Å². The molecule has 0 aliphatic heterocycles. The SMILES string of the molecule is C.C.C.CCCOC(F)(F)OC(F)(F)C(F)(F)OCCC.c1ccc(OCOc2ccccc2)cc1. The molecule has 0 bridgehead atoms. The van der Waals surface area contributed by atoms with Crippen molar-refractivity contribution in [3.05, 3.63) is 60.7 Å². The Labute approximate surface area is 210 Å². The van der Waals surface area contributed by atoms with Crippen molar-refractivity contribution >= 4 is 0 Å². The van der Waals surface area contributed by atoms with Gasteiger partial charge in [-0.05, 0) is 37.1 Å². The van der Waals surface area contributed by atoms with E-state index in [1.807, 2.05) is 60.7 Å². The Bertz CT molecular complexity index is 725. The van der Waals surface area contributed by atoms with Gasteiger partial charge < -0.3 is 14.2 Å². The Morgan fingerprint density at radius 3 is 1.36 bits per heavy atom. The summed E-state index contributed by atoms with van der Waals surface area (Å²) in [7, 11) is 0. The van der Waals surface area contributed by atoms with E-state index in [2.05, 4.69) is 14.2 Å². The van der Waals surface area contributed by atoms with Gasteiger partial charge in [0.15, 0.2) is 0 Å². The van der Waals surface area contributed by atoms with E-state index in [1.54, 1.807) is 0 Å². The molecule has 0 saturated carbocycles. The number of rotatable bonds is 13. The molecule has 0 saturated heterocycles. The highest BCUT2D eigenvalue weighted by Crippen LogP contribution is 2.40. The second-order valence-electron chi connectivity index (χ2n) is 6.33. The van der Waals surface area contributed by atoms with Crippen molar-refractivity contribution < 1.29 is 50.0 Å². The molecule has 0 aliphatic rings. The van der Waals surface area contributed by atoms with Crippen molar-refractivity contribution in [2.24, 2.45) is 0 Å². The van der Waals surface area contributed by atoms with Crippen molar-refractivity contribution in [2.75, 3.05) is 20.0 Å². The minimum Gasteiger partial charge on any atom is -0.458 e. The summed E-state index contributed by atoms with van der Waals surface area (Å²) in [5, 5.41) is 0. The first-order valence-corrected chi connectivity index (χ1v) is 10.00. The van der Waals surface area contributed by atoms with Crippen molar-refractivity contribution in [1.29, 1.82) is 0 Å². The molecule has 0 N–H and O–H groups in total. The largest absolute Gasteiger partial charge is 0.490 e. The minimum absolute atomic E-state index is 0. The van der Waals surface area contributed by atoms with Crippen LogP contribution in [0, 0.1) is 0 Å². The van der Waals surface area contributed by atoms with Crippen LogP contribution in [-0.4, -0.2) is 38.5 Å². The van der Waals surface area contributed by atoms with Crippen LogP contribution >= 0.6 is 0 Å². The van der Waals surface area contributed by atoms with Gasteiger partial charge in [0.1, 0.15) is 11.5 Å². The van der Waals surface area contributed by atoms with Gasteiger partial charge in [-0.15, -0.1) is 8.78 Å². The van der Waals surface area contributed by atoms with Crippen molar-refractivity contribution in [3.63, 3.8) is 0 Å². The standard InChI is InChI=1S/C13H12O2.C9H14F6O3.3CH4/c1-3-7-12(8-4-1)14-11-15-13-9-5-2-6-10-13;1-3-5-16-7(10,11)8(12,13)18-9(14,15)17-6-4-2;;;/h1-10H,11H2;3-6H2,1-2H3;3*1H4. The number of ether oxygens (including phenoxy) is 5. The molecule has 0 radical (unpaired) electrons. The van der Waals surface area contributed by atoms with Gasteiger partial charge in [0, 0.05) is 0 Å². The van der Waals surface area contributed by atoms with Gasteiger partial charge in [-0.25, -0.2) is 4.74 Å². The first kappa shape index (κ1) is 38.0. The summed E-state index contributed by atoms with van der Waals surface area (Å²) in [6.45, 7) is 1.69. The van der Waals surface area contributed by atoms with E-state index in [-0.39, 0.29) is 41.9 Å². The molecular weight excluding hydrogens is 494 g/mol. The zero-order valence-electron chi connectivity index (χ0n) is 18.1. The second kappa shape index (κ2) is 18.7. The average Bonchev–Trinajstić information content (AvgIpc) is 2.77. The lowest BCUT2D eigenvalue weighted by Gasteiger charge is -2.28. The predicted molar refractivity (Wildman–Crippen MR) is 128 cm³/mol. The normalized spacial score (nSPS) is 11.0. The van der Waals surface area contributed by atoms with E-state index in [0.717, 1.165) is 11.5 Å². The molecule has 11 heteroatoms. The summed E-state index contributed by atoms with van der Waals surface area (Å²) in [4.78, 5) is 0. The maximum atomic E-state index is 12.8. The van der Waals surface area contributed by atoms with E-state index < -0.39 is 31.7 Å². The Balaban J connectivity index is -0.000000563. The molecule has 2 rings (SSSR count). The molecule has 0 fully saturated rings. The number of halogens is 6. The number of hydrogen-bond donors (Lipinski definition) is 0. The fraction of sp³-hybridized carbons (Fsp3) is 0.520. The van der Waals surface area contributed by atoms with Crippen LogP contribution in [0.25, 0.3) is 0 Å². The number of para-hydroxylation sites is 2. The molecule has 5 nitrogen and oxygen atoms in total. The number of alkyl halides is 6. The maximum Gasteiger partial charge on any atom is 0.490 e. The van der Waals surface area contributed by atoms with Gasteiger partial charge in [-0.1, -0.05) is 72.5 Å². The van der Waals surface area contributed by atoms with Crippen molar-refractivity contribution in [3.8, 4) is 11.5 Å². The Morgan fingerprint density at radius 2 is 0.972 bits per heavy atom. The lowest BCUT2D eigenvalue weighted by atomic mass is 10.3. The summed E-state index contributed by atoms with van der Waals surface area (Å²) in [5.74, 6) is 1.63. The Kier molecular flexibility index (Phi) is 19.8. The fourth-order valence-corrected chi connectivity index (χ4v) is 1.97. The van der Waals surface area contributed by atoms with Gasteiger partial charge in [0.25, 0.3) is 0 Å². The van der Waals surface area contributed by atoms with Crippen LogP contribution in [0.5, 0.6) is 11.5 Å². The molecule has 0 atom stereocenters. The summed E-state index contributed by atoms with van der Waals surface area (Å²) < 4.78 is 97.0. The van der Waals surface area contributed by atoms with Crippen molar-refractivity contribution in [1.82, 2.24) is 0 Å². The zero-order valence-corrected chi connectivity index (χ0v) is 18.1. The maximum absolute atomic E-state index is 12.8. The van der Waals surface area contributed by atoms with Gasteiger partial charge in [-0.3, -0.25) is 4.74 Å². The first-order chi connectivity index (χ1) is 15.5. The molecule has 0 heterocycles. The summed E-state index contributed by atoms with van der Waals surface area (Å²) in [6.07, 6.45) is -15.4. The highest BCUT2D eigenvalue weighted by molar-refractivity contribution is 5.22. The lowest BCUT2D eigenvalue weighted by molar-refractivity contribution is -0.526. The molecule has 0 amide bonds. The van der Waals surface area contributed by atoms with Crippen LogP contribution in [0.1, 0.15) is 49.0 Å². The monoisotopic (exact) mass is 532 g/mol. The third-order valence-corrected chi connectivity index (χ3v) is 3.49. The van der Waals surface area contributed by atoms with Crippen LogP contribution < -0.4 is 9.47 Å². The molecular formula is C25H38F6O5. The molecule has 0 unspecified atom stereocenters. The molecule has 0 spiro atoms. The molecule has 0 aromatic heterocycles. The Hall–Kier alpha value is -2.50. The van der Waals surface area contributed by atoms with Crippen LogP contribution in [0.3, 0.4) is 0 Å². The topological polar surface area (TPSA) is 46.2 Å². The molecule has 36 heavy (non-hydrogen) atoms. The van der Waals surface area contributed by atoms with E-state index >= 15 is 0 Å². The predicted octanol–water partition coefficient (Wildman–Crippen LogP) is 8.60. The van der Waals surface area contributed by atoms with E-state index in [4.69, 9.17) is 9.47 Å². The number of hydrogen-bond acceptors (Lipinski definition) is 5. The van der Waals surface area contributed by atoms with Gasteiger partial charge in [-0.2, -0.15) is 17.6 Å². The number of benzene rings is 2. The minimum atomic E-state index is -5.50. The summed E-state index contributed by atoms with van der Waals surface area (Å²) in [6, 6.07) is 19.2. The smallest absolute Gasteiger partial charge is 0.458 e. The highest BCUT2D eigenvalue weighted by atomic mass is 19.3. The lowest BCUT2D eigenvalue weighted by Crippen LogP contribution is -2.49. The zero-order chi connectivity index (χ0) is 24.8. The van der Waals surface area contributed by atoms with E-state index in [9.17, 15) is 26.3 Å². The molecule has 2 aromatic rings. The van der Waals surface area contributed by atoms with Crippen molar-refractivity contribution in [2.45, 2.75) is 67.5 Å². The summed E-state index contributed by atoms with van der Waals surface area (Å²) in [5.41, 5.74) is 0. The van der Waals surface area contributed by atoms with E-state index in [1.165, 1.54) is 13.8 Å². The third kappa shape index (κ3) is 14.8. The fourth-order valence-electron chi connectivity index (χ4n) is 1.97. The first-order valence-electron chi connectivity index (χ1n) is 10.00. The van der Waals surface area contributed by atoms with Gasteiger partial charge in [0.05, 0.1) is 13.2 Å². The van der Waals surface area contributed by atoms with Crippen LogP contribution in [0.2, 0.25) is 0 Å². The molecule has 210 valence electrons. The van der Waals surface area contributed by atoms with Gasteiger partial charge >= 0.3 is 18.5 Å². The van der Waals surface area contributed by atoms with Crippen LogP contribution in [-0.2, 0) is 14.2 Å². The molecule has 2 aromatic carbocycles. The van der Waals surface area contributed by atoms with E-state index in [0.29, 0.717) is 0 Å². The summed E-state index contributed by atoms with van der Waals surface area (Å²) >= 11 is 0. The molecule has 0 aliphatic carbocycles. The quantitative estimate of drug-likeness (QED) is 0.191. The highest BCUT2D eigenvalue weighted by Gasteiger charge is 2.64. The van der Waals surface area contributed by atoms with Crippen LogP contribution in [0.15, 0.2) is 60.7 Å².